The fourth-order valence-electron chi connectivity index (χ4n) is 3.07. The zero-order valence-corrected chi connectivity index (χ0v) is 15.6. The second-order valence-corrected chi connectivity index (χ2v) is 6.63. The van der Waals surface area contributed by atoms with Crippen molar-refractivity contribution < 1.29 is 9.59 Å². The Kier molecular flexibility index (Phi) is 5.33. The number of carbonyl (C=O) groups is 2. The maximum atomic E-state index is 12.5. The van der Waals surface area contributed by atoms with Crippen LogP contribution in [-0.4, -0.2) is 32.0 Å². The van der Waals surface area contributed by atoms with E-state index in [1.807, 2.05) is 36.4 Å². The Hall–Kier alpha value is -3.94. The number of anilines is 1. The molecule has 0 atom stereocenters. The quantitative estimate of drug-likeness (QED) is 0.585. The molecule has 0 unspecified atom stereocenters. The molecule has 0 aliphatic carbocycles. The van der Waals surface area contributed by atoms with E-state index < -0.39 is 0 Å². The first kappa shape index (κ1) is 18.4. The molecule has 29 heavy (non-hydrogen) atoms. The van der Waals surface area contributed by atoms with Gasteiger partial charge in [0.15, 0.2) is 0 Å². The molecule has 2 aromatic heterocycles. The van der Waals surface area contributed by atoms with E-state index in [0.717, 1.165) is 22.4 Å². The van der Waals surface area contributed by atoms with Crippen molar-refractivity contribution in [1.82, 2.24) is 25.4 Å². The number of fused-ring (bicyclic) bond motifs is 1. The van der Waals surface area contributed by atoms with Crippen molar-refractivity contribution in [3.8, 4) is 0 Å². The lowest BCUT2D eigenvalue weighted by atomic mass is 10.2. The van der Waals surface area contributed by atoms with Crippen LogP contribution in [0.1, 0.15) is 22.4 Å². The van der Waals surface area contributed by atoms with Crippen molar-refractivity contribution in [3.63, 3.8) is 0 Å². The van der Waals surface area contributed by atoms with Crippen LogP contribution in [0.15, 0.2) is 60.9 Å². The van der Waals surface area contributed by atoms with Crippen LogP contribution in [-0.2, 0) is 24.4 Å². The van der Waals surface area contributed by atoms with Gasteiger partial charge in [-0.1, -0.05) is 36.4 Å². The molecule has 3 N–H and O–H groups in total. The predicted molar refractivity (Wildman–Crippen MR) is 108 cm³/mol. The van der Waals surface area contributed by atoms with E-state index >= 15 is 0 Å². The monoisotopic (exact) mass is 388 g/mol. The van der Waals surface area contributed by atoms with Gasteiger partial charge in [0.25, 0.3) is 0 Å². The maximum Gasteiger partial charge on any atom is 0.318 e. The fourth-order valence-corrected chi connectivity index (χ4v) is 3.07. The Morgan fingerprint density at radius 1 is 1.14 bits per heavy atom. The summed E-state index contributed by atoms with van der Waals surface area (Å²) in [5.41, 5.74) is 3.44. The fraction of sp³-hybridized carbons (Fsp3) is 0.143. The van der Waals surface area contributed by atoms with E-state index in [0.29, 0.717) is 25.5 Å². The Morgan fingerprint density at radius 3 is 2.79 bits per heavy atom. The molecule has 1 aromatic carbocycles. The molecule has 1 aliphatic rings. The third kappa shape index (κ3) is 4.49. The van der Waals surface area contributed by atoms with Crippen molar-refractivity contribution in [2.75, 3.05) is 5.32 Å². The zero-order valence-electron chi connectivity index (χ0n) is 15.6. The van der Waals surface area contributed by atoms with Crippen LogP contribution in [0.5, 0.6) is 0 Å². The van der Waals surface area contributed by atoms with E-state index in [1.54, 1.807) is 29.4 Å². The summed E-state index contributed by atoms with van der Waals surface area (Å²) in [5, 5.41) is 12.8. The second-order valence-electron chi connectivity index (χ2n) is 6.63. The third-order valence-electron chi connectivity index (χ3n) is 4.58. The summed E-state index contributed by atoms with van der Waals surface area (Å²) in [6.45, 7) is 1.24. The van der Waals surface area contributed by atoms with Crippen molar-refractivity contribution >= 4 is 23.8 Å². The van der Waals surface area contributed by atoms with Gasteiger partial charge in [-0.3, -0.25) is 14.9 Å². The van der Waals surface area contributed by atoms with Gasteiger partial charge in [0.1, 0.15) is 5.82 Å². The summed E-state index contributed by atoms with van der Waals surface area (Å²) in [4.78, 5) is 30.3. The van der Waals surface area contributed by atoms with Crippen molar-refractivity contribution in [2.45, 2.75) is 19.6 Å². The lowest BCUT2D eigenvalue weighted by molar-refractivity contribution is -0.111. The standard InChI is InChI=1S/C21H20N6O2/c28-19(9-8-16-7-4-10-22-11-16)24-20-17-13-27(14-18(17)25-26-20)21(29)23-12-15-5-2-1-3-6-15/h1-11H,12-14H2,(H,23,29)(H2,24,25,26,28)/b9-8+. The summed E-state index contributed by atoms with van der Waals surface area (Å²) in [5.74, 6) is 0.228. The average molecular weight is 388 g/mol. The molecule has 0 fully saturated rings. The number of aromatic nitrogens is 3. The van der Waals surface area contributed by atoms with Gasteiger partial charge in [0.2, 0.25) is 5.91 Å². The van der Waals surface area contributed by atoms with Crippen LogP contribution in [0, 0.1) is 0 Å². The highest BCUT2D eigenvalue weighted by Crippen LogP contribution is 2.27. The summed E-state index contributed by atoms with van der Waals surface area (Å²) in [6.07, 6.45) is 6.46. The van der Waals surface area contributed by atoms with Crippen LogP contribution in [0.3, 0.4) is 0 Å². The van der Waals surface area contributed by atoms with Crippen molar-refractivity contribution in [2.24, 2.45) is 0 Å². The summed E-state index contributed by atoms with van der Waals surface area (Å²) < 4.78 is 0. The number of H-pyrrole nitrogens is 1. The molecule has 3 heterocycles. The van der Waals surface area contributed by atoms with E-state index in [2.05, 4.69) is 25.8 Å². The van der Waals surface area contributed by atoms with Gasteiger partial charge in [-0.15, -0.1) is 0 Å². The number of nitrogens with one attached hydrogen (secondary N) is 3. The molecule has 0 bridgehead atoms. The lowest BCUT2D eigenvalue weighted by Crippen LogP contribution is -2.36. The largest absolute Gasteiger partial charge is 0.334 e. The number of nitrogens with zero attached hydrogens (tertiary/aromatic N) is 3. The molecule has 1 aliphatic heterocycles. The molecule has 3 amide bonds. The molecule has 146 valence electrons. The number of rotatable bonds is 5. The lowest BCUT2D eigenvalue weighted by Gasteiger charge is -2.16. The van der Waals surface area contributed by atoms with Gasteiger partial charge >= 0.3 is 6.03 Å². The highest BCUT2D eigenvalue weighted by Gasteiger charge is 2.28. The van der Waals surface area contributed by atoms with Gasteiger partial charge in [-0.2, -0.15) is 5.10 Å². The van der Waals surface area contributed by atoms with Crippen LogP contribution < -0.4 is 10.6 Å². The number of aromatic amines is 1. The van der Waals surface area contributed by atoms with Gasteiger partial charge < -0.3 is 15.5 Å². The van der Waals surface area contributed by atoms with Gasteiger partial charge in [0.05, 0.1) is 18.8 Å². The van der Waals surface area contributed by atoms with E-state index in [-0.39, 0.29) is 11.9 Å². The molecular formula is C21H20N6O2. The van der Waals surface area contributed by atoms with Crippen molar-refractivity contribution in [1.29, 1.82) is 0 Å². The number of hydrogen-bond donors (Lipinski definition) is 3. The second kappa shape index (κ2) is 8.39. The normalized spacial score (nSPS) is 12.8. The highest BCUT2D eigenvalue weighted by molar-refractivity contribution is 6.01. The first-order valence-corrected chi connectivity index (χ1v) is 9.21. The molecule has 0 spiro atoms. The Balaban J connectivity index is 1.33. The molecule has 8 heteroatoms. The molecule has 0 saturated carbocycles. The minimum Gasteiger partial charge on any atom is -0.334 e. The highest BCUT2D eigenvalue weighted by atomic mass is 16.2. The minimum atomic E-state index is -0.285. The number of amides is 3. The summed E-state index contributed by atoms with van der Waals surface area (Å²) in [7, 11) is 0. The van der Waals surface area contributed by atoms with E-state index in [9.17, 15) is 9.59 Å². The summed E-state index contributed by atoms with van der Waals surface area (Å²) >= 11 is 0. The van der Waals surface area contributed by atoms with Crippen molar-refractivity contribution in [3.05, 3.63) is 83.3 Å². The van der Waals surface area contributed by atoms with Gasteiger partial charge in [0, 0.05) is 30.6 Å². The van der Waals surface area contributed by atoms with Gasteiger partial charge in [-0.25, -0.2) is 4.79 Å². The SMILES string of the molecule is O=C(/C=C/c1cccnc1)Nc1[nH]nc2c1CN(C(=O)NCc1ccccc1)C2. The summed E-state index contributed by atoms with van der Waals surface area (Å²) in [6, 6.07) is 13.2. The number of benzene rings is 1. The number of urea groups is 1. The third-order valence-corrected chi connectivity index (χ3v) is 4.58. The Morgan fingerprint density at radius 2 is 2.00 bits per heavy atom. The average Bonchev–Trinajstić information content (AvgIpc) is 3.34. The molecule has 4 rings (SSSR count). The first-order chi connectivity index (χ1) is 14.2. The smallest absolute Gasteiger partial charge is 0.318 e. The maximum absolute atomic E-state index is 12.5. The molecule has 8 nitrogen and oxygen atoms in total. The van der Waals surface area contributed by atoms with Crippen LogP contribution in [0.25, 0.3) is 6.08 Å². The van der Waals surface area contributed by atoms with Crippen LogP contribution in [0.4, 0.5) is 10.6 Å². The zero-order chi connectivity index (χ0) is 20.1. The first-order valence-electron chi connectivity index (χ1n) is 9.21. The van der Waals surface area contributed by atoms with E-state index in [1.165, 1.54) is 6.08 Å². The molecule has 3 aromatic rings. The number of pyridine rings is 1. The molecular weight excluding hydrogens is 368 g/mol. The van der Waals surface area contributed by atoms with Gasteiger partial charge in [-0.05, 0) is 23.3 Å². The number of carbonyl (C=O) groups excluding carboxylic acids is 2. The van der Waals surface area contributed by atoms with Crippen LogP contribution in [0.2, 0.25) is 0 Å². The van der Waals surface area contributed by atoms with E-state index in [4.69, 9.17) is 0 Å². The minimum absolute atomic E-state index is 0.166. The topological polar surface area (TPSA) is 103 Å². The Bertz CT molecular complexity index is 1030. The van der Waals surface area contributed by atoms with Crippen LogP contribution >= 0.6 is 0 Å². The number of hydrogen-bond acceptors (Lipinski definition) is 4. The molecule has 0 radical (unpaired) electrons. The predicted octanol–water partition coefficient (Wildman–Crippen LogP) is 2.68. The molecule has 0 saturated heterocycles. The Labute approximate surface area is 167 Å².